The third kappa shape index (κ3) is 8.85. The van der Waals surface area contributed by atoms with Gasteiger partial charge >= 0.3 is 0 Å². The lowest BCUT2D eigenvalue weighted by Gasteiger charge is -2.21. The van der Waals surface area contributed by atoms with Crippen LogP contribution in [-0.2, 0) is 4.74 Å². The van der Waals surface area contributed by atoms with Gasteiger partial charge in [-0.3, -0.25) is 0 Å². The Morgan fingerprint density at radius 2 is 2.00 bits per heavy atom. The normalized spacial score (nSPS) is 13.4. The van der Waals surface area contributed by atoms with Crippen molar-refractivity contribution < 1.29 is 4.74 Å². The van der Waals surface area contributed by atoms with Crippen LogP contribution in [0.5, 0.6) is 0 Å². The number of likely N-dealkylation sites (N-methyl/N-ethyl adjacent to an activating group) is 1. The third-order valence-electron chi connectivity index (χ3n) is 2.66. The molecule has 0 aromatic rings. The minimum Gasteiger partial charge on any atom is -0.385 e. The van der Waals surface area contributed by atoms with Crippen molar-refractivity contribution in [3.63, 3.8) is 0 Å². The van der Waals surface area contributed by atoms with Crippen LogP contribution in [0.1, 0.15) is 33.6 Å². The Hall–Kier alpha value is -0.120. The molecule has 0 saturated heterocycles. The second-order valence-corrected chi connectivity index (χ2v) is 4.07. The quantitative estimate of drug-likeness (QED) is 0.602. The molecule has 0 fully saturated rings. The highest BCUT2D eigenvalue weighted by molar-refractivity contribution is 4.63. The van der Waals surface area contributed by atoms with E-state index < -0.39 is 0 Å². The van der Waals surface area contributed by atoms with Crippen molar-refractivity contribution in [2.24, 2.45) is 0 Å². The van der Waals surface area contributed by atoms with Gasteiger partial charge in [-0.25, -0.2) is 0 Å². The third-order valence-corrected chi connectivity index (χ3v) is 2.66. The molecule has 0 radical (unpaired) electrons. The maximum Gasteiger partial charge on any atom is 0.0476 e. The lowest BCUT2D eigenvalue weighted by Crippen LogP contribution is -2.36. The lowest BCUT2D eigenvalue weighted by atomic mass is 10.2. The molecular formula is C12H28N2O. The Bertz CT molecular complexity index is 131. The molecule has 0 aliphatic rings. The lowest BCUT2D eigenvalue weighted by molar-refractivity contribution is 0.183. The summed E-state index contributed by atoms with van der Waals surface area (Å²) in [6.07, 6.45) is 2.34. The molecule has 0 aromatic carbocycles. The monoisotopic (exact) mass is 216 g/mol. The SMILES string of the molecule is CCCN(CC)CCNC(C)CCOC. The fourth-order valence-corrected chi connectivity index (χ4v) is 1.61. The van der Waals surface area contributed by atoms with E-state index in [1.807, 2.05) is 0 Å². The number of hydrogen-bond donors (Lipinski definition) is 1. The molecule has 0 aliphatic carbocycles. The summed E-state index contributed by atoms with van der Waals surface area (Å²) in [6, 6.07) is 0.560. The molecule has 1 N–H and O–H groups in total. The van der Waals surface area contributed by atoms with E-state index in [1.165, 1.54) is 13.0 Å². The van der Waals surface area contributed by atoms with Crippen LogP contribution in [-0.4, -0.2) is 50.8 Å². The first kappa shape index (κ1) is 14.9. The van der Waals surface area contributed by atoms with Gasteiger partial charge in [0.05, 0.1) is 0 Å². The van der Waals surface area contributed by atoms with E-state index in [0.717, 1.165) is 32.7 Å². The first-order valence-corrected chi connectivity index (χ1v) is 6.19. The number of ether oxygens (including phenoxy) is 1. The summed E-state index contributed by atoms with van der Waals surface area (Å²) in [5.74, 6) is 0. The predicted molar refractivity (Wildman–Crippen MR) is 66.4 cm³/mol. The Balaban J connectivity index is 3.41. The number of nitrogens with zero attached hydrogens (tertiary/aromatic N) is 1. The van der Waals surface area contributed by atoms with Gasteiger partial charge in [-0.2, -0.15) is 0 Å². The summed E-state index contributed by atoms with van der Waals surface area (Å²) < 4.78 is 5.05. The molecule has 0 saturated carbocycles. The average Bonchev–Trinajstić information content (AvgIpc) is 2.25. The van der Waals surface area contributed by atoms with Crippen LogP contribution in [0, 0.1) is 0 Å². The summed E-state index contributed by atoms with van der Waals surface area (Å²) in [5.41, 5.74) is 0. The molecule has 0 spiro atoms. The molecule has 15 heavy (non-hydrogen) atoms. The summed E-state index contributed by atoms with van der Waals surface area (Å²) in [6.45, 7) is 12.1. The fourth-order valence-electron chi connectivity index (χ4n) is 1.61. The molecule has 0 aliphatic heterocycles. The van der Waals surface area contributed by atoms with Crippen molar-refractivity contribution in [2.45, 2.75) is 39.7 Å². The van der Waals surface area contributed by atoms with E-state index in [4.69, 9.17) is 4.74 Å². The van der Waals surface area contributed by atoms with E-state index in [9.17, 15) is 0 Å². The predicted octanol–water partition coefficient (Wildman–Crippen LogP) is 1.73. The highest BCUT2D eigenvalue weighted by Gasteiger charge is 2.03. The highest BCUT2D eigenvalue weighted by atomic mass is 16.5. The average molecular weight is 216 g/mol. The van der Waals surface area contributed by atoms with Crippen molar-refractivity contribution in [3.8, 4) is 0 Å². The van der Waals surface area contributed by atoms with Crippen molar-refractivity contribution in [3.05, 3.63) is 0 Å². The maximum absolute atomic E-state index is 5.05. The smallest absolute Gasteiger partial charge is 0.0476 e. The number of rotatable bonds is 10. The largest absolute Gasteiger partial charge is 0.385 e. The maximum atomic E-state index is 5.05. The van der Waals surface area contributed by atoms with E-state index in [1.54, 1.807) is 7.11 Å². The van der Waals surface area contributed by atoms with Crippen LogP contribution in [0.15, 0.2) is 0 Å². The Morgan fingerprint density at radius 1 is 1.27 bits per heavy atom. The molecule has 0 bridgehead atoms. The Morgan fingerprint density at radius 3 is 2.53 bits per heavy atom. The number of nitrogens with one attached hydrogen (secondary N) is 1. The molecule has 3 nitrogen and oxygen atoms in total. The molecule has 3 heteroatoms. The van der Waals surface area contributed by atoms with Gasteiger partial charge in [-0.15, -0.1) is 0 Å². The second kappa shape index (κ2) is 10.4. The zero-order valence-corrected chi connectivity index (χ0v) is 10.9. The van der Waals surface area contributed by atoms with Gasteiger partial charge in [0.25, 0.3) is 0 Å². The summed E-state index contributed by atoms with van der Waals surface area (Å²) in [7, 11) is 1.76. The topological polar surface area (TPSA) is 24.5 Å². The van der Waals surface area contributed by atoms with E-state index in [2.05, 4.69) is 31.0 Å². The van der Waals surface area contributed by atoms with Crippen LogP contribution in [0.4, 0.5) is 0 Å². The highest BCUT2D eigenvalue weighted by Crippen LogP contribution is 1.92. The second-order valence-electron chi connectivity index (χ2n) is 4.07. The molecule has 1 unspecified atom stereocenters. The van der Waals surface area contributed by atoms with Crippen LogP contribution in [0.25, 0.3) is 0 Å². The van der Waals surface area contributed by atoms with Crippen LogP contribution < -0.4 is 5.32 Å². The molecule has 0 heterocycles. The molecule has 92 valence electrons. The minimum atomic E-state index is 0.560. The zero-order chi connectivity index (χ0) is 11.5. The number of hydrogen-bond acceptors (Lipinski definition) is 3. The molecule has 0 rings (SSSR count). The molecule has 0 aromatic heterocycles. The van der Waals surface area contributed by atoms with Gasteiger partial charge in [0.1, 0.15) is 0 Å². The Labute approximate surface area is 95.2 Å². The van der Waals surface area contributed by atoms with Gasteiger partial charge in [-0.1, -0.05) is 13.8 Å². The van der Waals surface area contributed by atoms with Crippen molar-refractivity contribution >= 4 is 0 Å². The van der Waals surface area contributed by atoms with Crippen molar-refractivity contribution in [2.75, 3.05) is 39.9 Å². The fraction of sp³-hybridized carbons (Fsp3) is 1.00. The summed E-state index contributed by atoms with van der Waals surface area (Å²) >= 11 is 0. The zero-order valence-electron chi connectivity index (χ0n) is 10.9. The van der Waals surface area contributed by atoms with Crippen molar-refractivity contribution in [1.29, 1.82) is 0 Å². The number of methoxy groups -OCH3 is 1. The van der Waals surface area contributed by atoms with Gasteiger partial charge < -0.3 is 15.0 Å². The first-order valence-electron chi connectivity index (χ1n) is 6.19. The van der Waals surface area contributed by atoms with Gasteiger partial charge in [0, 0.05) is 32.8 Å². The van der Waals surface area contributed by atoms with E-state index >= 15 is 0 Å². The van der Waals surface area contributed by atoms with Crippen LogP contribution in [0.2, 0.25) is 0 Å². The van der Waals surface area contributed by atoms with Gasteiger partial charge in [0.2, 0.25) is 0 Å². The molecule has 0 amide bonds. The molecular weight excluding hydrogens is 188 g/mol. The summed E-state index contributed by atoms with van der Waals surface area (Å²) in [4.78, 5) is 2.48. The van der Waals surface area contributed by atoms with E-state index in [0.29, 0.717) is 6.04 Å². The first-order chi connectivity index (χ1) is 7.24. The Kier molecular flexibility index (Phi) is 10.3. The van der Waals surface area contributed by atoms with Crippen LogP contribution >= 0.6 is 0 Å². The minimum absolute atomic E-state index is 0.560. The van der Waals surface area contributed by atoms with Crippen molar-refractivity contribution in [1.82, 2.24) is 10.2 Å². The van der Waals surface area contributed by atoms with Gasteiger partial charge in [-0.05, 0) is 32.9 Å². The summed E-state index contributed by atoms with van der Waals surface area (Å²) in [5, 5.41) is 3.52. The van der Waals surface area contributed by atoms with E-state index in [-0.39, 0.29) is 0 Å². The van der Waals surface area contributed by atoms with Crippen LogP contribution in [0.3, 0.4) is 0 Å². The van der Waals surface area contributed by atoms with Gasteiger partial charge in [0.15, 0.2) is 0 Å². The molecule has 1 atom stereocenters. The standard InChI is InChI=1S/C12H28N2O/c1-5-9-14(6-2)10-8-13-12(3)7-11-15-4/h12-13H,5-11H2,1-4H3.